The molecule has 0 aliphatic carbocycles. The summed E-state index contributed by atoms with van der Waals surface area (Å²) in [6, 6.07) is 4.09. The van der Waals surface area contributed by atoms with Gasteiger partial charge < -0.3 is 15.7 Å². The van der Waals surface area contributed by atoms with E-state index in [1.807, 2.05) is 0 Å². The van der Waals surface area contributed by atoms with Gasteiger partial charge >= 0.3 is 12.0 Å². The Balaban J connectivity index is 2.66. The summed E-state index contributed by atoms with van der Waals surface area (Å²) in [4.78, 5) is 22.5. The smallest absolute Gasteiger partial charge is 0.319 e. The number of urea groups is 1. The number of carbonyl (C=O) groups excluding carboxylic acids is 1. The van der Waals surface area contributed by atoms with Gasteiger partial charge in [0.2, 0.25) is 0 Å². The number of carbonyl (C=O) groups is 2. The fourth-order valence-corrected chi connectivity index (χ4v) is 1.84. The van der Waals surface area contributed by atoms with Gasteiger partial charge in [-0.25, -0.2) is 4.79 Å². The van der Waals surface area contributed by atoms with E-state index in [-0.39, 0.29) is 0 Å². The Morgan fingerprint density at radius 2 is 2.00 bits per heavy atom. The summed E-state index contributed by atoms with van der Waals surface area (Å²) in [6.45, 7) is 3.16. The first-order valence-electron chi connectivity index (χ1n) is 5.57. The molecule has 2 unspecified atom stereocenters. The average molecular weight is 350 g/mol. The van der Waals surface area contributed by atoms with Crippen LogP contribution in [0.1, 0.15) is 13.8 Å². The number of benzene rings is 1. The highest BCUT2D eigenvalue weighted by atomic mass is 79.9. The van der Waals surface area contributed by atoms with Crippen LogP contribution in [0.3, 0.4) is 0 Å². The maximum absolute atomic E-state index is 11.7. The number of aliphatic carboxylic acids is 1. The van der Waals surface area contributed by atoms with Crippen LogP contribution >= 0.6 is 27.5 Å². The van der Waals surface area contributed by atoms with E-state index in [9.17, 15) is 9.59 Å². The highest BCUT2D eigenvalue weighted by molar-refractivity contribution is 9.10. The van der Waals surface area contributed by atoms with Crippen molar-refractivity contribution in [3.05, 3.63) is 27.7 Å². The number of halogens is 2. The van der Waals surface area contributed by atoms with Crippen LogP contribution in [0.15, 0.2) is 22.7 Å². The van der Waals surface area contributed by atoms with E-state index in [0.717, 1.165) is 0 Å². The van der Waals surface area contributed by atoms with Gasteiger partial charge in [-0.2, -0.15) is 0 Å². The molecule has 0 bridgehead atoms. The molecule has 5 nitrogen and oxygen atoms in total. The van der Waals surface area contributed by atoms with Gasteiger partial charge in [-0.3, -0.25) is 4.79 Å². The molecule has 2 amide bonds. The standard InChI is InChI=1S/C12H14BrClN2O3/c1-6(11(17)18)7(2)15-12(19)16-9-5-3-4-8(14)10(9)13/h3-7H,1-2H3,(H,17,18)(H2,15,16,19). The van der Waals surface area contributed by atoms with Crippen molar-refractivity contribution in [2.75, 3.05) is 5.32 Å². The maximum atomic E-state index is 11.7. The number of carboxylic acid groups (broad SMARTS) is 1. The number of anilines is 1. The predicted molar refractivity (Wildman–Crippen MR) is 77.6 cm³/mol. The molecule has 0 fully saturated rings. The van der Waals surface area contributed by atoms with Crippen molar-refractivity contribution in [3.63, 3.8) is 0 Å². The van der Waals surface area contributed by atoms with Crippen LogP contribution in [-0.2, 0) is 4.79 Å². The van der Waals surface area contributed by atoms with Crippen LogP contribution in [0.5, 0.6) is 0 Å². The molecule has 104 valence electrons. The van der Waals surface area contributed by atoms with Crippen molar-refractivity contribution < 1.29 is 14.7 Å². The van der Waals surface area contributed by atoms with Crippen LogP contribution in [0.4, 0.5) is 10.5 Å². The zero-order chi connectivity index (χ0) is 14.6. The van der Waals surface area contributed by atoms with E-state index < -0.39 is 24.0 Å². The second-order valence-electron chi connectivity index (χ2n) is 4.12. The Kier molecular flexibility index (Phi) is 5.62. The molecule has 3 N–H and O–H groups in total. The van der Waals surface area contributed by atoms with Crippen LogP contribution in [0.2, 0.25) is 5.02 Å². The van der Waals surface area contributed by atoms with Gasteiger partial charge in [-0.1, -0.05) is 17.7 Å². The van der Waals surface area contributed by atoms with Gasteiger partial charge in [-0.05, 0) is 41.9 Å². The minimum atomic E-state index is -0.961. The van der Waals surface area contributed by atoms with Crippen molar-refractivity contribution in [3.8, 4) is 0 Å². The lowest BCUT2D eigenvalue weighted by atomic mass is 10.0. The van der Waals surface area contributed by atoms with Gasteiger partial charge in [0.1, 0.15) is 0 Å². The van der Waals surface area contributed by atoms with E-state index in [0.29, 0.717) is 15.2 Å². The van der Waals surface area contributed by atoms with Gasteiger partial charge in [0.25, 0.3) is 0 Å². The van der Waals surface area contributed by atoms with Crippen LogP contribution in [-0.4, -0.2) is 23.1 Å². The summed E-state index contributed by atoms with van der Waals surface area (Å²) in [5.74, 6) is -1.63. The van der Waals surface area contributed by atoms with E-state index in [1.165, 1.54) is 6.92 Å². The molecule has 0 saturated heterocycles. The molecule has 0 spiro atoms. The van der Waals surface area contributed by atoms with Crippen molar-refractivity contribution in [1.29, 1.82) is 0 Å². The third kappa shape index (κ3) is 4.40. The Bertz CT molecular complexity index is 496. The first-order valence-corrected chi connectivity index (χ1v) is 6.74. The molecule has 0 aliphatic rings. The first kappa shape index (κ1) is 15.8. The van der Waals surface area contributed by atoms with Crippen LogP contribution < -0.4 is 10.6 Å². The quantitative estimate of drug-likeness (QED) is 0.780. The van der Waals surface area contributed by atoms with E-state index in [1.54, 1.807) is 25.1 Å². The normalized spacial score (nSPS) is 13.5. The van der Waals surface area contributed by atoms with E-state index in [4.69, 9.17) is 16.7 Å². The summed E-state index contributed by atoms with van der Waals surface area (Å²) in [5, 5.41) is 14.5. The molecule has 7 heteroatoms. The SMILES string of the molecule is CC(NC(=O)Nc1cccc(Cl)c1Br)C(C)C(=O)O. The molecule has 0 heterocycles. The van der Waals surface area contributed by atoms with Crippen molar-refractivity contribution >= 4 is 45.2 Å². The van der Waals surface area contributed by atoms with E-state index in [2.05, 4.69) is 26.6 Å². The Morgan fingerprint density at radius 1 is 1.37 bits per heavy atom. The molecular formula is C12H14BrClN2O3. The number of rotatable bonds is 4. The molecule has 0 saturated carbocycles. The van der Waals surface area contributed by atoms with Crippen molar-refractivity contribution in [2.24, 2.45) is 5.92 Å². The molecule has 0 radical (unpaired) electrons. The Labute approximate surface area is 124 Å². The molecule has 2 atom stereocenters. The van der Waals surface area contributed by atoms with Gasteiger partial charge in [0.05, 0.1) is 21.1 Å². The maximum Gasteiger partial charge on any atom is 0.319 e. The largest absolute Gasteiger partial charge is 0.481 e. The second-order valence-corrected chi connectivity index (χ2v) is 5.32. The summed E-state index contributed by atoms with van der Waals surface area (Å²) in [7, 11) is 0. The summed E-state index contributed by atoms with van der Waals surface area (Å²) >= 11 is 9.16. The van der Waals surface area contributed by atoms with Crippen LogP contribution in [0.25, 0.3) is 0 Å². The molecule has 1 aromatic rings. The molecule has 0 aromatic heterocycles. The number of hydrogen-bond acceptors (Lipinski definition) is 2. The van der Waals surface area contributed by atoms with Crippen LogP contribution in [0, 0.1) is 5.92 Å². The molecule has 0 aliphatic heterocycles. The highest BCUT2D eigenvalue weighted by Crippen LogP contribution is 2.29. The molecular weight excluding hydrogens is 336 g/mol. The Morgan fingerprint density at radius 3 is 2.58 bits per heavy atom. The van der Waals surface area contributed by atoms with Gasteiger partial charge in [0, 0.05) is 6.04 Å². The summed E-state index contributed by atoms with van der Waals surface area (Å²) < 4.78 is 0.575. The summed E-state index contributed by atoms with van der Waals surface area (Å²) in [6.07, 6.45) is 0. The fourth-order valence-electron chi connectivity index (χ4n) is 1.30. The highest BCUT2D eigenvalue weighted by Gasteiger charge is 2.21. The minimum absolute atomic E-state index is 0.477. The second kappa shape index (κ2) is 6.77. The molecule has 1 aromatic carbocycles. The zero-order valence-corrected chi connectivity index (χ0v) is 12.7. The van der Waals surface area contributed by atoms with Crippen molar-refractivity contribution in [2.45, 2.75) is 19.9 Å². The third-order valence-corrected chi connectivity index (χ3v) is 4.10. The topological polar surface area (TPSA) is 78.4 Å². The number of carboxylic acids is 1. The molecule has 19 heavy (non-hydrogen) atoms. The Hall–Kier alpha value is -1.27. The monoisotopic (exact) mass is 348 g/mol. The zero-order valence-electron chi connectivity index (χ0n) is 10.4. The third-order valence-electron chi connectivity index (χ3n) is 2.70. The number of amides is 2. The summed E-state index contributed by atoms with van der Waals surface area (Å²) in [5.41, 5.74) is 0.514. The molecule has 1 rings (SSSR count). The fraction of sp³-hybridized carbons (Fsp3) is 0.333. The number of hydrogen-bond donors (Lipinski definition) is 3. The van der Waals surface area contributed by atoms with Gasteiger partial charge in [-0.15, -0.1) is 0 Å². The van der Waals surface area contributed by atoms with Crippen molar-refractivity contribution in [1.82, 2.24) is 5.32 Å². The number of nitrogens with one attached hydrogen (secondary N) is 2. The lowest BCUT2D eigenvalue weighted by molar-refractivity contribution is -0.141. The first-order chi connectivity index (χ1) is 8.82. The minimum Gasteiger partial charge on any atom is -0.481 e. The predicted octanol–water partition coefficient (Wildman–Crippen LogP) is 3.33. The van der Waals surface area contributed by atoms with E-state index >= 15 is 0 Å². The lowest BCUT2D eigenvalue weighted by Crippen LogP contribution is -2.42. The average Bonchev–Trinajstić information content (AvgIpc) is 2.33. The lowest BCUT2D eigenvalue weighted by Gasteiger charge is -2.18. The van der Waals surface area contributed by atoms with Gasteiger partial charge in [0.15, 0.2) is 0 Å².